The summed E-state index contributed by atoms with van der Waals surface area (Å²) in [4.78, 5) is 13.5. The molecule has 1 fully saturated rings. The summed E-state index contributed by atoms with van der Waals surface area (Å²) < 4.78 is 11.7. The third-order valence-electron chi connectivity index (χ3n) is 4.91. The van der Waals surface area contributed by atoms with Gasteiger partial charge in [0.1, 0.15) is 12.4 Å². The van der Waals surface area contributed by atoms with E-state index in [0.717, 1.165) is 28.7 Å². The van der Waals surface area contributed by atoms with E-state index in [1.54, 1.807) is 0 Å². The fourth-order valence-corrected chi connectivity index (χ4v) is 3.40. The number of rotatable bonds is 7. The van der Waals surface area contributed by atoms with Gasteiger partial charge in [-0.1, -0.05) is 72.8 Å². The summed E-state index contributed by atoms with van der Waals surface area (Å²) >= 11 is 0. The Kier molecular flexibility index (Phi) is 5.80. The predicted molar refractivity (Wildman–Crippen MR) is 108 cm³/mol. The molecule has 0 radical (unpaired) electrons. The number of ether oxygens (including phenoxy) is 2. The lowest BCUT2D eigenvalue weighted by molar-refractivity contribution is -0.123. The first-order valence-corrected chi connectivity index (χ1v) is 9.47. The van der Waals surface area contributed by atoms with Crippen molar-refractivity contribution >= 4 is 6.29 Å². The zero-order valence-corrected chi connectivity index (χ0v) is 15.6. The second-order valence-electron chi connectivity index (χ2n) is 6.91. The summed E-state index contributed by atoms with van der Waals surface area (Å²) in [6.45, 7) is 1.91. The van der Waals surface area contributed by atoms with Crippen molar-refractivity contribution in [2.75, 3.05) is 6.54 Å². The van der Waals surface area contributed by atoms with Gasteiger partial charge in [-0.2, -0.15) is 0 Å². The zero-order chi connectivity index (χ0) is 19.2. The van der Waals surface area contributed by atoms with E-state index in [9.17, 15) is 4.79 Å². The van der Waals surface area contributed by atoms with E-state index in [-0.39, 0.29) is 6.10 Å². The summed E-state index contributed by atoms with van der Waals surface area (Å²) in [7, 11) is 0. The lowest BCUT2D eigenvalue weighted by Gasteiger charge is -2.18. The van der Waals surface area contributed by atoms with Gasteiger partial charge in [0.15, 0.2) is 12.5 Å². The molecule has 28 heavy (non-hydrogen) atoms. The molecule has 1 unspecified atom stereocenters. The lowest BCUT2D eigenvalue weighted by atomic mass is 10.1. The second kappa shape index (κ2) is 8.83. The number of para-hydroxylation sites is 1. The third-order valence-corrected chi connectivity index (χ3v) is 4.91. The van der Waals surface area contributed by atoms with Gasteiger partial charge in [0.2, 0.25) is 0 Å². The fourth-order valence-electron chi connectivity index (χ4n) is 3.40. The first-order chi connectivity index (χ1) is 13.8. The van der Waals surface area contributed by atoms with Crippen molar-refractivity contribution in [1.82, 2.24) is 4.90 Å². The van der Waals surface area contributed by atoms with Gasteiger partial charge in [-0.3, -0.25) is 9.69 Å². The summed E-state index contributed by atoms with van der Waals surface area (Å²) in [5.74, 6) is 0.863. The maximum absolute atomic E-state index is 11.5. The van der Waals surface area contributed by atoms with Crippen LogP contribution in [0.3, 0.4) is 0 Å². The number of carbonyl (C=O) groups excluding carboxylic acids is 1. The van der Waals surface area contributed by atoms with E-state index in [2.05, 4.69) is 29.2 Å². The van der Waals surface area contributed by atoms with Gasteiger partial charge in [0.05, 0.1) is 6.10 Å². The molecule has 1 saturated heterocycles. The second-order valence-corrected chi connectivity index (χ2v) is 6.91. The normalized spacial score (nSPS) is 19.4. The highest BCUT2D eigenvalue weighted by Crippen LogP contribution is 2.29. The standard InChI is InChI=1S/C24H23NO3/c26-17-24-25(16-23(28-24)21-7-3-1-4-8-21)15-19-11-13-20(14-12-19)18-27-22-9-5-2-6-10-22/h1-14,17,23-24H,15-16,18H2/t23-,24?/m0/s1. The van der Waals surface area contributed by atoms with Crippen molar-refractivity contribution < 1.29 is 14.3 Å². The van der Waals surface area contributed by atoms with Crippen LogP contribution in [0.5, 0.6) is 5.75 Å². The number of benzene rings is 3. The molecule has 0 aliphatic carbocycles. The molecule has 1 aliphatic rings. The molecular weight excluding hydrogens is 350 g/mol. The van der Waals surface area contributed by atoms with E-state index in [1.807, 2.05) is 60.7 Å². The van der Waals surface area contributed by atoms with Crippen molar-refractivity contribution in [3.05, 3.63) is 102 Å². The summed E-state index contributed by atoms with van der Waals surface area (Å²) in [5.41, 5.74) is 3.36. The highest BCUT2D eigenvalue weighted by atomic mass is 16.5. The molecule has 2 atom stereocenters. The number of aldehydes is 1. The van der Waals surface area contributed by atoms with Crippen molar-refractivity contribution in [1.29, 1.82) is 0 Å². The Bertz CT molecular complexity index is 881. The van der Waals surface area contributed by atoms with E-state index >= 15 is 0 Å². The summed E-state index contributed by atoms with van der Waals surface area (Å²) in [6, 6.07) is 28.1. The Labute approximate surface area is 165 Å². The Hall–Kier alpha value is -2.95. The van der Waals surface area contributed by atoms with E-state index < -0.39 is 6.23 Å². The van der Waals surface area contributed by atoms with Crippen molar-refractivity contribution in [3.8, 4) is 5.75 Å². The van der Waals surface area contributed by atoms with Crippen LogP contribution in [-0.4, -0.2) is 24.0 Å². The topological polar surface area (TPSA) is 38.8 Å². The largest absolute Gasteiger partial charge is 0.489 e. The minimum absolute atomic E-state index is 0.0741. The van der Waals surface area contributed by atoms with Crippen molar-refractivity contribution in [2.24, 2.45) is 0 Å². The molecule has 142 valence electrons. The van der Waals surface area contributed by atoms with Crippen LogP contribution in [0.4, 0.5) is 0 Å². The van der Waals surface area contributed by atoms with Crippen LogP contribution < -0.4 is 4.74 Å². The summed E-state index contributed by atoms with van der Waals surface area (Å²) in [6.07, 6.45) is 0.298. The Morgan fingerprint density at radius 2 is 1.54 bits per heavy atom. The molecular formula is C24H23NO3. The average Bonchev–Trinajstić information content (AvgIpc) is 3.17. The lowest BCUT2D eigenvalue weighted by Crippen LogP contribution is -2.30. The van der Waals surface area contributed by atoms with Crippen LogP contribution >= 0.6 is 0 Å². The highest BCUT2D eigenvalue weighted by molar-refractivity contribution is 5.56. The molecule has 0 aromatic heterocycles. The Balaban J connectivity index is 1.36. The van der Waals surface area contributed by atoms with Gasteiger partial charge in [0, 0.05) is 13.1 Å². The molecule has 0 N–H and O–H groups in total. The first-order valence-electron chi connectivity index (χ1n) is 9.47. The molecule has 1 aliphatic heterocycles. The molecule has 3 aromatic rings. The van der Waals surface area contributed by atoms with Gasteiger partial charge in [-0.25, -0.2) is 0 Å². The van der Waals surface area contributed by atoms with Crippen LogP contribution in [-0.2, 0) is 22.7 Å². The SMILES string of the molecule is O=CC1O[C@H](c2ccccc2)CN1Cc1ccc(COc2ccccc2)cc1. The van der Waals surface area contributed by atoms with Crippen LogP contribution in [0.25, 0.3) is 0 Å². The van der Waals surface area contributed by atoms with Crippen LogP contribution in [0, 0.1) is 0 Å². The van der Waals surface area contributed by atoms with Crippen LogP contribution in [0.2, 0.25) is 0 Å². The quantitative estimate of drug-likeness (QED) is 0.577. The molecule has 0 saturated carbocycles. The van der Waals surface area contributed by atoms with Crippen LogP contribution in [0.15, 0.2) is 84.9 Å². The average molecular weight is 373 g/mol. The van der Waals surface area contributed by atoms with Gasteiger partial charge >= 0.3 is 0 Å². The zero-order valence-electron chi connectivity index (χ0n) is 15.6. The highest BCUT2D eigenvalue weighted by Gasteiger charge is 2.33. The molecule has 4 rings (SSSR count). The van der Waals surface area contributed by atoms with Gasteiger partial charge in [0.25, 0.3) is 0 Å². The Morgan fingerprint density at radius 3 is 2.21 bits per heavy atom. The van der Waals surface area contributed by atoms with Gasteiger partial charge in [-0.15, -0.1) is 0 Å². The predicted octanol–water partition coefficient (Wildman–Crippen LogP) is 4.36. The van der Waals surface area contributed by atoms with E-state index in [0.29, 0.717) is 19.7 Å². The first kappa shape index (κ1) is 18.4. The number of carbonyl (C=O) groups is 1. The molecule has 3 aromatic carbocycles. The molecule has 4 heteroatoms. The molecule has 1 heterocycles. The number of hydrogen-bond acceptors (Lipinski definition) is 4. The maximum Gasteiger partial charge on any atom is 0.168 e. The molecule has 0 amide bonds. The van der Waals surface area contributed by atoms with Gasteiger partial charge < -0.3 is 9.47 Å². The molecule has 0 spiro atoms. The monoisotopic (exact) mass is 373 g/mol. The van der Waals surface area contributed by atoms with Crippen LogP contribution in [0.1, 0.15) is 22.8 Å². The minimum atomic E-state index is -0.508. The van der Waals surface area contributed by atoms with E-state index in [4.69, 9.17) is 9.47 Å². The maximum atomic E-state index is 11.5. The Morgan fingerprint density at radius 1 is 0.893 bits per heavy atom. The molecule has 0 bridgehead atoms. The number of hydrogen-bond donors (Lipinski definition) is 0. The van der Waals surface area contributed by atoms with Crippen molar-refractivity contribution in [2.45, 2.75) is 25.5 Å². The van der Waals surface area contributed by atoms with E-state index in [1.165, 1.54) is 0 Å². The van der Waals surface area contributed by atoms with Gasteiger partial charge in [-0.05, 0) is 28.8 Å². The third kappa shape index (κ3) is 4.47. The summed E-state index contributed by atoms with van der Waals surface area (Å²) in [5, 5.41) is 0. The molecule has 4 nitrogen and oxygen atoms in total. The number of nitrogens with zero attached hydrogens (tertiary/aromatic N) is 1. The fraction of sp³-hybridized carbons (Fsp3) is 0.208. The van der Waals surface area contributed by atoms with Crippen molar-refractivity contribution in [3.63, 3.8) is 0 Å². The smallest absolute Gasteiger partial charge is 0.168 e. The minimum Gasteiger partial charge on any atom is -0.489 e.